The van der Waals surface area contributed by atoms with Crippen molar-refractivity contribution in [3.8, 4) is 5.75 Å². The number of sulfone groups is 1. The van der Waals surface area contributed by atoms with Crippen LogP contribution < -0.4 is 10.1 Å². The summed E-state index contributed by atoms with van der Waals surface area (Å²) in [6.07, 6.45) is 2.46. The van der Waals surface area contributed by atoms with Crippen LogP contribution in [0.3, 0.4) is 0 Å². The Morgan fingerprint density at radius 2 is 1.92 bits per heavy atom. The Morgan fingerprint density at radius 3 is 2.46 bits per heavy atom. The van der Waals surface area contributed by atoms with Gasteiger partial charge in [0.1, 0.15) is 11.3 Å². The molecule has 0 atom stereocenters. The molecule has 2 rings (SSSR count). The summed E-state index contributed by atoms with van der Waals surface area (Å²) in [4.78, 5) is 4.56. The van der Waals surface area contributed by atoms with E-state index < -0.39 is 14.6 Å². The van der Waals surface area contributed by atoms with Crippen molar-refractivity contribution in [3.05, 3.63) is 30.0 Å². The largest absolute Gasteiger partial charge is 0.494 e. The molecule has 1 heterocycles. The molecule has 0 saturated heterocycles. The maximum atomic E-state index is 12.3. The highest BCUT2D eigenvalue weighted by atomic mass is 32.2. The number of ether oxygens (including phenoxy) is 1. The van der Waals surface area contributed by atoms with E-state index in [2.05, 4.69) is 10.3 Å². The fraction of sp³-hybridized carbons (Fsp3) is 0.500. The lowest BCUT2D eigenvalue weighted by Gasteiger charge is -2.30. The molecule has 0 aliphatic carbocycles. The number of pyridine rings is 1. The first-order valence-electron chi connectivity index (χ1n) is 8.16. The second-order valence-electron chi connectivity index (χ2n) is 6.18. The van der Waals surface area contributed by atoms with E-state index in [1.807, 2.05) is 45.0 Å². The van der Waals surface area contributed by atoms with Gasteiger partial charge in [0.05, 0.1) is 11.9 Å². The van der Waals surface area contributed by atoms with Gasteiger partial charge in [0.15, 0.2) is 9.84 Å². The molecule has 0 bridgehead atoms. The summed E-state index contributed by atoms with van der Waals surface area (Å²) >= 11 is 0. The molecule has 24 heavy (non-hydrogen) atoms. The Bertz CT molecular complexity index is 828. The number of benzene rings is 1. The van der Waals surface area contributed by atoms with E-state index >= 15 is 0 Å². The number of methoxy groups -OCH3 is 1. The summed E-state index contributed by atoms with van der Waals surface area (Å²) in [5, 5.41) is 4.28. The zero-order valence-electron chi connectivity index (χ0n) is 15.0. The van der Waals surface area contributed by atoms with Crippen molar-refractivity contribution >= 4 is 26.4 Å². The number of aryl methyl sites for hydroxylation is 1. The van der Waals surface area contributed by atoms with Crippen molar-refractivity contribution < 1.29 is 13.2 Å². The van der Waals surface area contributed by atoms with Crippen LogP contribution in [0.25, 0.3) is 10.9 Å². The molecule has 0 radical (unpaired) electrons. The lowest BCUT2D eigenvalue weighted by Crippen LogP contribution is -2.43. The first kappa shape index (κ1) is 18.5. The third-order valence-electron chi connectivity index (χ3n) is 4.83. The first-order chi connectivity index (χ1) is 11.3. The molecule has 6 heteroatoms. The standard InChI is InChI=1S/C18H26N2O3S/c1-6-18(7-2,24(5,21)22)12-19-15-11-13(3)20-17-14(15)9-8-10-16(17)23-4/h8-11H,6-7,12H2,1-5H3,(H,19,20). The average molecular weight is 350 g/mol. The zero-order valence-corrected chi connectivity index (χ0v) is 15.8. The molecule has 0 amide bonds. The molecule has 0 fully saturated rings. The second kappa shape index (κ2) is 6.97. The highest BCUT2D eigenvalue weighted by molar-refractivity contribution is 7.92. The van der Waals surface area contributed by atoms with Gasteiger partial charge in [-0.2, -0.15) is 0 Å². The van der Waals surface area contributed by atoms with Gasteiger partial charge in [0, 0.05) is 29.6 Å². The van der Waals surface area contributed by atoms with Crippen LogP contribution in [0.4, 0.5) is 5.69 Å². The molecule has 1 aromatic heterocycles. The summed E-state index contributed by atoms with van der Waals surface area (Å²) in [6.45, 7) is 6.13. The molecule has 0 saturated carbocycles. The van der Waals surface area contributed by atoms with Gasteiger partial charge in [-0.05, 0) is 31.9 Å². The Morgan fingerprint density at radius 1 is 1.25 bits per heavy atom. The minimum atomic E-state index is -3.18. The molecule has 132 valence electrons. The number of nitrogens with zero attached hydrogens (tertiary/aromatic N) is 1. The van der Waals surface area contributed by atoms with Crippen LogP contribution in [0.1, 0.15) is 32.4 Å². The number of rotatable bonds is 7. The summed E-state index contributed by atoms with van der Waals surface area (Å²) in [6, 6.07) is 7.69. The Kier molecular flexibility index (Phi) is 5.38. The average Bonchev–Trinajstić information content (AvgIpc) is 2.54. The third-order valence-corrected chi connectivity index (χ3v) is 7.12. The van der Waals surface area contributed by atoms with Gasteiger partial charge >= 0.3 is 0 Å². The molecular formula is C18H26N2O3S. The van der Waals surface area contributed by atoms with Gasteiger partial charge in [0.25, 0.3) is 0 Å². The van der Waals surface area contributed by atoms with Crippen molar-refractivity contribution in [3.63, 3.8) is 0 Å². The number of anilines is 1. The highest BCUT2D eigenvalue weighted by Crippen LogP contribution is 2.32. The summed E-state index contributed by atoms with van der Waals surface area (Å²) in [5.74, 6) is 0.708. The number of hydrogen-bond acceptors (Lipinski definition) is 5. The first-order valence-corrected chi connectivity index (χ1v) is 10.0. The van der Waals surface area contributed by atoms with Crippen molar-refractivity contribution in [1.29, 1.82) is 0 Å². The van der Waals surface area contributed by atoms with Crippen LogP contribution in [-0.4, -0.2) is 38.1 Å². The predicted octanol–water partition coefficient (Wildman–Crippen LogP) is 3.57. The van der Waals surface area contributed by atoms with Crippen molar-refractivity contribution in [2.75, 3.05) is 25.2 Å². The van der Waals surface area contributed by atoms with Gasteiger partial charge < -0.3 is 10.1 Å². The van der Waals surface area contributed by atoms with E-state index in [-0.39, 0.29) is 0 Å². The molecule has 0 unspecified atom stereocenters. The second-order valence-corrected chi connectivity index (χ2v) is 8.59. The topological polar surface area (TPSA) is 68.3 Å². The number of para-hydroxylation sites is 1. The van der Waals surface area contributed by atoms with Gasteiger partial charge in [-0.25, -0.2) is 13.4 Å². The molecule has 5 nitrogen and oxygen atoms in total. The molecule has 2 aromatic rings. The lowest BCUT2D eigenvalue weighted by atomic mass is 10.0. The van der Waals surface area contributed by atoms with Crippen LogP contribution in [0.5, 0.6) is 5.75 Å². The van der Waals surface area contributed by atoms with Crippen LogP contribution >= 0.6 is 0 Å². The van der Waals surface area contributed by atoms with Crippen LogP contribution in [-0.2, 0) is 9.84 Å². The van der Waals surface area contributed by atoms with Crippen molar-refractivity contribution in [1.82, 2.24) is 4.98 Å². The third kappa shape index (κ3) is 3.34. The van der Waals surface area contributed by atoms with Crippen molar-refractivity contribution in [2.24, 2.45) is 0 Å². The molecular weight excluding hydrogens is 324 g/mol. The molecule has 0 spiro atoms. The van der Waals surface area contributed by atoms with Crippen molar-refractivity contribution in [2.45, 2.75) is 38.4 Å². The predicted molar refractivity (Wildman–Crippen MR) is 99.7 cm³/mol. The van der Waals surface area contributed by atoms with Gasteiger partial charge in [-0.15, -0.1) is 0 Å². The number of aromatic nitrogens is 1. The van der Waals surface area contributed by atoms with E-state index in [1.54, 1.807) is 7.11 Å². The smallest absolute Gasteiger partial charge is 0.154 e. The number of nitrogens with one attached hydrogen (secondary N) is 1. The maximum Gasteiger partial charge on any atom is 0.154 e. The van der Waals surface area contributed by atoms with Crippen LogP contribution in [0.15, 0.2) is 24.3 Å². The fourth-order valence-electron chi connectivity index (χ4n) is 3.07. The Hall–Kier alpha value is -1.82. The van der Waals surface area contributed by atoms with E-state index in [1.165, 1.54) is 6.26 Å². The quantitative estimate of drug-likeness (QED) is 0.827. The van der Waals surface area contributed by atoms with Gasteiger partial charge in [0.2, 0.25) is 0 Å². The SMILES string of the molecule is CCC(CC)(CNc1cc(C)nc2c(OC)cccc12)S(C)(=O)=O. The van der Waals surface area contributed by atoms with E-state index in [0.29, 0.717) is 25.1 Å². The Balaban J connectivity index is 2.47. The summed E-state index contributed by atoms with van der Waals surface area (Å²) in [5.41, 5.74) is 2.51. The molecule has 1 N–H and O–H groups in total. The Labute approximate surface area is 144 Å². The fourth-order valence-corrected chi connectivity index (χ4v) is 4.46. The lowest BCUT2D eigenvalue weighted by molar-refractivity contribution is 0.419. The van der Waals surface area contributed by atoms with Crippen LogP contribution in [0, 0.1) is 6.92 Å². The summed E-state index contributed by atoms with van der Waals surface area (Å²) in [7, 11) is -1.56. The zero-order chi connectivity index (χ0) is 18.0. The maximum absolute atomic E-state index is 12.3. The molecule has 0 aliphatic heterocycles. The van der Waals surface area contributed by atoms with E-state index in [4.69, 9.17) is 4.74 Å². The highest BCUT2D eigenvalue weighted by Gasteiger charge is 2.37. The number of fused-ring (bicyclic) bond motifs is 1. The van der Waals surface area contributed by atoms with Gasteiger partial charge in [-0.3, -0.25) is 0 Å². The molecule has 0 aliphatic rings. The monoisotopic (exact) mass is 350 g/mol. The molecule has 1 aromatic carbocycles. The van der Waals surface area contributed by atoms with Crippen LogP contribution in [0.2, 0.25) is 0 Å². The van der Waals surface area contributed by atoms with E-state index in [9.17, 15) is 8.42 Å². The minimum Gasteiger partial charge on any atom is -0.494 e. The normalized spacial score (nSPS) is 12.4. The minimum absolute atomic E-state index is 0.370. The van der Waals surface area contributed by atoms with E-state index in [0.717, 1.165) is 22.3 Å². The summed E-state index contributed by atoms with van der Waals surface area (Å²) < 4.78 is 29.2. The number of hydrogen-bond donors (Lipinski definition) is 1. The van der Waals surface area contributed by atoms with Gasteiger partial charge in [-0.1, -0.05) is 26.0 Å².